The van der Waals surface area contributed by atoms with Gasteiger partial charge < -0.3 is 25.4 Å². The average Bonchev–Trinajstić information content (AvgIpc) is 2.53. The van der Waals surface area contributed by atoms with Gasteiger partial charge in [-0.2, -0.15) is 0 Å². The van der Waals surface area contributed by atoms with Crippen molar-refractivity contribution in [3.05, 3.63) is 53.1 Å². The van der Waals surface area contributed by atoms with Crippen LogP contribution in [0.15, 0.2) is 36.4 Å². The standard InChI is InChI=1S/C17H21NO4/c1-11-3-5-13(6-4-11)15(20)10-22-17-14(18)7-12(9-19)8-16(17)21-2/h3-8,15,19-20H,9-10,18H2,1-2H3. The zero-order valence-corrected chi connectivity index (χ0v) is 12.7. The molecule has 2 aromatic carbocycles. The molecular weight excluding hydrogens is 282 g/mol. The van der Waals surface area contributed by atoms with E-state index in [0.29, 0.717) is 22.7 Å². The average molecular weight is 303 g/mol. The second kappa shape index (κ2) is 7.15. The van der Waals surface area contributed by atoms with E-state index in [0.717, 1.165) is 11.1 Å². The van der Waals surface area contributed by atoms with Crippen LogP contribution in [-0.2, 0) is 6.61 Å². The van der Waals surface area contributed by atoms with Gasteiger partial charge in [-0.15, -0.1) is 0 Å². The molecule has 1 atom stereocenters. The third-order valence-electron chi connectivity index (χ3n) is 3.39. The highest BCUT2D eigenvalue weighted by Gasteiger charge is 2.14. The lowest BCUT2D eigenvalue weighted by atomic mass is 10.1. The molecule has 0 saturated heterocycles. The van der Waals surface area contributed by atoms with Crippen molar-refractivity contribution in [2.75, 3.05) is 19.5 Å². The lowest BCUT2D eigenvalue weighted by Gasteiger charge is -2.17. The first-order valence-electron chi connectivity index (χ1n) is 6.99. The first-order valence-corrected chi connectivity index (χ1v) is 6.99. The number of aliphatic hydroxyl groups is 2. The molecule has 0 aromatic heterocycles. The van der Waals surface area contributed by atoms with Gasteiger partial charge in [-0.25, -0.2) is 0 Å². The zero-order valence-electron chi connectivity index (χ0n) is 12.7. The van der Waals surface area contributed by atoms with Crippen LogP contribution in [0.1, 0.15) is 22.8 Å². The Bertz CT molecular complexity index is 625. The molecule has 0 aliphatic heterocycles. The van der Waals surface area contributed by atoms with Gasteiger partial charge in [0.25, 0.3) is 0 Å². The molecule has 5 nitrogen and oxygen atoms in total. The summed E-state index contributed by atoms with van der Waals surface area (Å²) < 4.78 is 10.8. The topological polar surface area (TPSA) is 84.9 Å². The number of nitrogens with two attached hydrogens (primary N) is 1. The van der Waals surface area contributed by atoms with Crippen LogP contribution in [-0.4, -0.2) is 23.9 Å². The molecule has 118 valence electrons. The van der Waals surface area contributed by atoms with Gasteiger partial charge in [-0.3, -0.25) is 0 Å². The van der Waals surface area contributed by atoms with Crippen LogP contribution in [0.5, 0.6) is 11.5 Å². The fourth-order valence-electron chi connectivity index (χ4n) is 2.13. The maximum atomic E-state index is 10.2. The zero-order chi connectivity index (χ0) is 16.1. The monoisotopic (exact) mass is 303 g/mol. The van der Waals surface area contributed by atoms with Crippen molar-refractivity contribution in [1.82, 2.24) is 0 Å². The fourth-order valence-corrected chi connectivity index (χ4v) is 2.13. The van der Waals surface area contributed by atoms with Crippen LogP contribution in [0.2, 0.25) is 0 Å². The summed E-state index contributed by atoms with van der Waals surface area (Å²) >= 11 is 0. The minimum absolute atomic E-state index is 0.0576. The first kappa shape index (κ1) is 16.1. The molecule has 2 rings (SSSR count). The summed E-state index contributed by atoms with van der Waals surface area (Å²) in [6.07, 6.45) is -0.762. The summed E-state index contributed by atoms with van der Waals surface area (Å²) in [6, 6.07) is 10.9. The Morgan fingerprint density at radius 1 is 1.18 bits per heavy atom. The predicted molar refractivity (Wildman–Crippen MR) is 85.0 cm³/mol. The number of rotatable bonds is 6. The molecule has 0 aliphatic carbocycles. The maximum absolute atomic E-state index is 10.2. The Morgan fingerprint density at radius 2 is 1.86 bits per heavy atom. The van der Waals surface area contributed by atoms with E-state index < -0.39 is 6.10 Å². The van der Waals surface area contributed by atoms with Gasteiger partial charge in [0.1, 0.15) is 12.7 Å². The molecule has 0 amide bonds. The van der Waals surface area contributed by atoms with E-state index in [4.69, 9.17) is 15.2 Å². The van der Waals surface area contributed by atoms with Crippen LogP contribution in [0, 0.1) is 6.92 Å². The minimum Gasteiger partial charge on any atom is -0.493 e. The third kappa shape index (κ3) is 3.69. The van der Waals surface area contributed by atoms with Gasteiger partial charge in [0.05, 0.1) is 19.4 Å². The van der Waals surface area contributed by atoms with Gasteiger partial charge in [0.15, 0.2) is 11.5 Å². The molecular formula is C17H21NO4. The second-order valence-corrected chi connectivity index (χ2v) is 5.11. The van der Waals surface area contributed by atoms with E-state index >= 15 is 0 Å². The number of hydrogen-bond donors (Lipinski definition) is 3. The number of aryl methyl sites for hydroxylation is 1. The smallest absolute Gasteiger partial charge is 0.184 e. The summed E-state index contributed by atoms with van der Waals surface area (Å²) in [5.41, 5.74) is 8.82. The van der Waals surface area contributed by atoms with Crippen molar-refractivity contribution in [2.24, 2.45) is 0 Å². The predicted octanol–water partition coefficient (Wildman–Crippen LogP) is 2.19. The third-order valence-corrected chi connectivity index (χ3v) is 3.39. The van der Waals surface area contributed by atoms with E-state index in [1.165, 1.54) is 7.11 Å². The molecule has 2 aromatic rings. The molecule has 0 fully saturated rings. The molecule has 0 aliphatic rings. The molecule has 4 N–H and O–H groups in total. The number of aliphatic hydroxyl groups excluding tert-OH is 2. The Kier molecular flexibility index (Phi) is 5.25. The molecule has 22 heavy (non-hydrogen) atoms. The van der Waals surface area contributed by atoms with Crippen LogP contribution in [0.3, 0.4) is 0 Å². The van der Waals surface area contributed by atoms with Crippen molar-refractivity contribution < 1.29 is 19.7 Å². The van der Waals surface area contributed by atoms with Crippen molar-refractivity contribution in [3.8, 4) is 11.5 Å². The first-order chi connectivity index (χ1) is 10.5. The highest BCUT2D eigenvalue weighted by molar-refractivity contribution is 5.62. The number of methoxy groups -OCH3 is 1. The summed E-state index contributed by atoms with van der Waals surface area (Å²) in [6.45, 7) is 1.91. The second-order valence-electron chi connectivity index (χ2n) is 5.11. The Morgan fingerprint density at radius 3 is 2.45 bits per heavy atom. The van der Waals surface area contributed by atoms with Gasteiger partial charge >= 0.3 is 0 Å². The highest BCUT2D eigenvalue weighted by atomic mass is 16.5. The molecule has 1 unspecified atom stereocenters. The number of anilines is 1. The molecule has 0 spiro atoms. The fraction of sp³-hybridized carbons (Fsp3) is 0.294. The highest BCUT2D eigenvalue weighted by Crippen LogP contribution is 2.35. The number of nitrogen functional groups attached to an aromatic ring is 1. The van der Waals surface area contributed by atoms with Crippen LogP contribution < -0.4 is 15.2 Å². The molecule has 0 heterocycles. The summed E-state index contributed by atoms with van der Waals surface area (Å²) in [5.74, 6) is 0.797. The van der Waals surface area contributed by atoms with Crippen LogP contribution in [0.25, 0.3) is 0 Å². The Balaban J connectivity index is 2.12. The maximum Gasteiger partial charge on any atom is 0.184 e. The molecule has 0 bridgehead atoms. The minimum atomic E-state index is -0.762. The van der Waals surface area contributed by atoms with E-state index in [2.05, 4.69) is 0 Å². The number of benzene rings is 2. The normalized spacial score (nSPS) is 12.0. The van der Waals surface area contributed by atoms with Crippen molar-refractivity contribution in [2.45, 2.75) is 19.6 Å². The van der Waals surface area contributed by atoms with E-state index in [1.807, 2.05) is 31.2 Å². The summed E-state index contributed by atoms with van der Waals surface area (Å²) in [4.78, 5) is 0. The Hall–Kier alpha value is -2.24. The van der Waals surface area contributed by atoms with Gasteiger partial charge in [0.2, 0.25) is 0 Å². The lowest BCUT2D eigenvalue weighted by Crippen LogP contribution is -2.11. The summed E-state index contributed by atoms with van der Waals surface area (Å²) in [5, 5.41) is 19.4. The van der Waals surface area contributed by atoms with E-state index in [1.54, 1.807) is 12.1 Å². The molecule has 0 saturated carbocycles. The van der Waals surface area contributed by atoms with Gasteiger partial charge in [0, 0.05) is 0 Å². The van der Waals surface area contributed by atoms with Crippen molar-refractivity contribution in [3.63, 3.8) is 0 Å². The summed E-state index contributed by atoms with van der Waals surface area (Å²) in [7, 11) is 1.50. The van der Waals surface area contributed by atoms with E-state index in [-0.39, 0.29) is 13.2 Å². The van der Waals surface area contributed by atoms with E-state index in [9.17, 15) is 10.2 Å². The lowest BCUT2D eigenvalue weighted by molar-refractivity contribution is 0.107. The molecule has 5 heteroatoms. The van der Waals surface area contributed by atoms with Crippen LogP contribution >= 0.6 is 0 Å². The van der Waals surface area contributed by atoms with Crippen LogP contribution in [0.4, 0.5) is 5.69 Å². The SMILES string of the molecule is COc1cc(CO)cc(N)c1OCC(O)c1ccc(C)cc1. The quantitative estimate of drug-likeness (QED) is 0.712. The van der Waals surface area contributed by atoms with Gasteiger partial charge in [-0.05, 0) is 30.2 Å². The molecule has 0 radical (unpaired) electrons. The van der Waals surface area contributed by atoms with Crippen molar-refractivity contribution in [1.29, 1.82) is 0 Å². The number of hydrogen-bond acceptors (Lipinski definition) is 5. The van der Waals surface area contributed by atoms with Crippen molar-refractivity contribution >= 4 is 5.69 Å². The number of ether oxygens (including phenoxy) is 2. The Labute approximate surface area is 129 Å². The largest absolute Gasteiger partial charge is 0.493 e. The van der Waals surface area contributed by atoms with Gasteiger partial charge in [-0.1, -0.05) is 29.8 Å².